The summed E-state index contributed by atoms with van der Waals surface area (Å²) in [5.74, 6) is 0. The first-order chi connectivity index (χ1) is 11.8. The first-order valence-corrected chi connectivity index (χ1v) is 9.09. The fourth-order valence-electron chi connectivity index (χ4n) is 4.54. The second-order valence-electron chi connectivity index (χ2n) is 8.74. The molecule has 0 atom stereocenters. The molecule has 0 fully saturated rings. The van der Waals surface area contributed by atoms with Crippen molar-refractivity contribution in [1.29, 1.82) is 0 Å². The summed E-state index contributed by atoms with van der Waals surface area (Å²) in [4.78, 5) is 8.58. The van der Waals surface area contributed by atoms with E-state index < -0.39 is 0 Å². The van der Waals surface area contributed by atoms with E-state index in [0.29, 0.717) is 5.41 Å². The van der Waals surface area contributed by atoms with Crippen LogP contribution in [0.15, 0.2) is 54.6 Å². The Labute approximate surface area is 150 Å². The molecule has 1 aliphatic rings. The average molecular weight is 330 g/mol. The fraction of sp³-hybridized carbons (Fsp3) is 0.348. The van der Waals surface area contributed by atoms with E-state index in [1.54, 1.807) is 0 Å². The summed E-state index contributed by atoms with van der Waals surface area (Å²) < 4.78 is 0. The molecule has 0 saturated heterocycles. The van der Waals surface area contributed by atoms with Gasteiger partial charge in [-0.25, -0.2) is 0 Å². The average Bonchev–Trinajstić information content (AvgIpc) is 3.03. The van der Waals surface area contributed by atoms with Gasteiger partial charge in [0.1, 0.15) is 0 Å². The number of nitrogens with one attached hydrogen (secondary N) is 1. The van der Waals surface area contributed by atoms with Gasteiger partial charge in [0.15, 0.2) is 0 Å². The van der Waals surface area contributed by atoms with Crippen LogP contribution in [0.4, 0.5) is 0 Å². The van der Waals surface area contributed by atoms with Gasteiger partial charge in [-0.05, 0) is 53.0 Å². The Morgan fingerprint density at radius 1 is 0.840 bits per heavy atom. The maximum atomic E-state index is 5.05. The van der Waals surface area contributed by atoms with Crippen LogP contribution < -0.4 is 0 Å². The lowest BCUT2D eigenvalue weighted by Crippen LogP contribution is -2.35. The molecule has 0 radical (unpaired) electrons. The number of nitrogens with zero attached hydrogens (tertiary/aromatic N) is 1. The highest BCUT2D eigenvalue weighted by Crippen LogP contribution is 2.45. The molecule has 1 aliphatic carbocycles. The molecule has 0 aliphatic heterocycles. The van der Waals surface area contributed by atoms with E-state index in [4.69, 9.17) is 4.98 Å². The Morgan fingerprint density at radius 3 is 2.32 bits per heavy atom. The van der Waals surface area contributed by atoms with Crippen molar-refractivity contribution in [3.63, 3.8) is 0 Å². The summed E-state index contributed by atoms with van der Waals surface area (Å²) in [6.45, 7) is 9.40. The van der Waals surface area contributed by atoms with Crippen molar-refractivity contribution in [2.24, 2.45) is 5.41 Å². The summed E-state index contributed by atoms with van der Waals surface area (Å²) in [5, 5.41) is 0. The third-order valence-electron chi connectivity index (χ3n) is 5.32. The van der Waals surface area contributed by atoms with Gasteiger partial charge in [0.2, 0.25) is 0 Å². The number of aromatic amines is 1. The predicted molar refractivity (Wildman–Crippen MR) is 105 cm³/mol. The molecule has 2 nitrogen and oxygen atoms in total. The molecule has 3 aromatic rings. The molecule has 25 heavy (non-hydrogen) atoms. The van der Waals surface area contributed by atoms with E-state index in [-0.39, 0.29) is 5.41 Å². The molecular formula is C23H26N2. The molecule has 0 amide bonds. The molecule has 0 spiro atoms. The van der Waals surface area contributed by atoms with Gasteiger partial charge < -0.3 is 4.98 Å². The van der Waals surface area contributed by atoms with Gasteiger partial charge >= 0.3 is 0 Å². The van der Waals surface area contributed by atoms with Crippen molar-refractivity contribution < 1.29 is 0 Å². The number of rotatable bonds is 2. The van der Waals surface area contributed by atoms with Crippen LogP contribution in [0.3, 0.4) is 0 Å². The highest BCUT2D eigenvalue weighted by atomic mass is 14.8. The molecule has 2 heteroatoms. The molecule has 0 unspecified atom stereocenters. The van der Waals surface area contributed by atoms with E-state index in [9.17, 15) is 0 Å². The van der Waals surface area contributed by atoms with Crippen LogP contribution in [-0.2, 0) is 11.8 Å². The van der Waals surface area contributed by atoms with Gasteiger partial charge in [0, 0.05) is 11.4 Å². The Morgan fingerprint density at radius 2 is 1.56 bits per heavy atom. The van der Waals surface area contributed by atoms with Gasteiger partial charge in [0.25, 0.3) is 0 Å². The van der Waals surface area contributed by atoms with Crippen molar-refractivity contribution in [3.8, 4) is 22.6 Å². The summed E-state index contributed by atoms with van der Waals surface area (Å²) in [6.07, 6.45) is 2.25. The van der Waals surface area contributed by atoms with Gasteiger partial charge in [-0.1, -0.05) is 64.1 Å². The number of hydrogen-bond donors (Lipinski definition) is 1. The monoisotopic (exact) mass is 330 g/mol. The van der Waals surface area contributed by atoms with Gasteiger partial charge in [-0.3, -0.25) is 4.98 Å². The van der Waals surface area contributed by atoms with Gasteiger partial charge in [0.05, 0.1) is 11.4 Å². The molecule has 2 heterocycles. The lowest BCUT2D eigenvalue weighted by molar-refractivity contribution is 0.228. The van der Waals surface area contributed by atoms with Gasteiger partial charge in [-0.2, -0.15) is 0 Å². The second-order valence-corrected chi connectivity index (χ2v) is 8.74. The number of aromatic nitrogens is 2. The topological polar surface area (TPSA) is 28.7 Å². The lowest BCUT2D eigenvalue weighted by atomic mass is 9.64. The molecule has 0 bridgehead atoms. The molecule has 1 aromatic carbocycles. The van der Waals surface area contributed by atoms with Crippen molar-refractivity contribution in [2.75, 3.05) is 0 Å². The van der Waals surface area contributed by atoms with Crippen LogP contribution in [0.25, 0.3) is 22.6 Å². The fourth-order valence-corrected chi connectivity index (χ4v) is 4.54. The zero-order valence-electron chi connectivity index (χ0n) is 15.6. The number of pyridine rings is 1. The third-order valence-corrected chi connectivity index (χ3v) is 5.32. The van der Waals surface area contributed by atoms with Crippen LogP contribution in [0.5, 0.6) is 0 Å². The highest BCUT2D eigenvalue weighted by molar-refractivity contribution is 5.66. The predicted octanol–water partition coefficient (Wildman–Crippen LogP) is 5.99. The number of benzene rings is 1. The van der Waals surface area contributed by atoms with E-state index in [2.05, 4.69) is 81.2 Å². The number of hydrogen-bond acceptors (Lipinski definition) is 1. The lowest BCUT2D eigenvalue weighted by Gasteiger charge is -2.41. The Bertz CT molecular complexity index is 901. The van der Waals surface area contributed by atoms with Crippen molar-refractivity contribution in [2.45, 2.75) is 46.0 Å². The summed E-state index contributed by atoms with van der Waals surface area (Å²) in [5.41, 5.74) is 7.61. The van der Waals surface area contributed by atoms with Crippen LogP contribution >= 0.6 is 0 Å². The minimum atomic E-state index is 0.188. The molecule has 0 saturated carbocycles. The first-order valence-electron chi connectivity index (χ1n) is 9.09. The maximum absolute atomic E-state index is 5.05. The normalized spacial score (nSPS) is 17.9. The largest absolute Gasteiger partial charge is 0.353 e. The third kappa shape index (κ3) is 3.02. The first kappa shape index (κ1) is 16.1. The molecule has 128 valence electrons. The maximum Gasteiger partial charge on any atom is 0.0868 e. The van der Waals surface area contributed by atoms with Crippen LogP contribution in [-0.4, -0.2) is 9.97 Å². The summed E-state index contributed by atoms with van der Waals surface area (Å²) in [7, 11) is 0. The quantitative estimate of drug-likeness (QED) is 0.614. The number of H-pyrrole nitrogens is 1. The van der Waals surface area contributed by atoms with E-state index >= 15 is 0 Å². The minimum absolute atomic E-state index is 0.188. The zero-order valence-corrected chi connectivity index (χ0v) is 15.6. The SMILES string of the molecule is CC1(C)Cc2nc(-c3ccc(-c4ccccc4)[nH]3)ccc2C(C)(C)C1. The molecule has 4 rings (SSSR count). The number of fused-ring (bicyclic) bond motifs is 1. The Hall–Kier alpha value is -2.35. The molecule has 2 aromatic heterocycles. The van der Waals surface area contributed by atoms with Crippen molar-refractivity contribution in [3.05, 3.63) is 65.9 Å². The minimum Gasteiger partial charge on any atom is -0.353 e. The van der Waals surface area contributed by atoms with E-state index in [0.717, 1.165) is 23.5 Å². The highest BCUT2D eigenvalue weighted by Gasteiger charge is 2.38. The van der Waals surface area contributed by atoms with Crippen LogP contribution in [0, 0.1) is 5.41 Å². The second kappa shape index (κ2) is 5.59. The van der Waals surface area contributed by atoms with Crippen LogP contribution in [0.2, 0.25) is 0 Å². The summed E-state index contributed by atoms with van der Waals surface area (Å²) in [6, 6.07) is 19.2. The Balaban J connectivity index is 1.73. The van der Waals surface area contributed by atoms with Crippen molar-refractivity contribution >= 4 is 0 Å². The zero-order chi connectivity index (χ0) is 17.7. The van der Waals surface area contributed by atoms with Crippen LogP contribution in [0.1, 0.15) is 45.4 Å². The van der Waals surface area contributed by atoms with E-state index in [1.807, 2.05) is 6.07 Å². The summed E-state index contributed by atoms with van der Waals surface area (Å²) >= 11 is 0. The van der Waals surface area contributed by atoms with Gasteiger partial charge in [-0.15, -0.1) is 0 Å². The van der Waals surface area contributed by atoms with E-state index in [1.165, 1.54) is 23.2 Å². The molecule has 1 N–H and O–H groups in total. The molecular weight excluding hydrogens is 304 g/mol. The standard InChI is InChI=1S/C23H26N2/c1-22(2)14-21-17(23(3,4)15-22)10-11-19(25-21)20-13-12-18(24-20)16-8-6-5-7-9-16/h5-13,24H,14-15H2,1-4H3. The smallest absolute Gasteiger partial charge is 0.0868 e. The van der Waals surface area contributed by atoms with Crippen molar-refractivity contribution in [1.82, 2.24) is 9.97 Å². The Kier molecular flexibility index (Phi) is 3.61.